The minimum atomic E-state index is -0.943. The van der Waals surface area contributed by atoms with Crippen LogP contribution < -0.4 is 9.80 Å². The topological polar surface area (TPSA) is 28.6 Å². The number of anilines is 2. The fourth-order valence-electron chi connectivity index (χ4n) is 3.46. The fraction of sp³-hybridized carbons (Fsp3) is 0.381. The van der Waals surface area contributed by atoms with Crippen molar-refractivity contribution in [3.63, 3.8) is 0 Å². The van der Waals surface area contributed by atoms with Crippen LogP contribution in [0.25, 0.3) is 11.1 Å². The Balaban J connectivity index is 2.21. The van der Waals surface area contributed by atoms with Crippen LogP contribution in [0.3, 0.4) is 0 Å². The lowest BCUT2D eigenvalue weighted by molar-refractivity contribution is 0.0501. The summed E-state index contributed by atoms with van der Waals surface area (Å²) in [6.07, 6.45) is 1.91. The van der Waals surface area contributed by atoms with Gasteiger partial charge in [-0.25, -0.2) is 8.78 Å². The summed E-state index contributed by atoms with van der Waals surface area (Å²) in [5.74, 6) is -1.50. The smallest absolute Gasteiger partial charge is 0.186 e. The minimum Gasteiger partial charge on any atom is -0.474 e. The van der Waals surface area contributed by atoms with Gasteiger partial charge in [0, 0.05) is 51.0 Å². The normalized spacial score (nSPS) is 12.5. The van der Waals surface area contributed by atoms with Crippen molar-refractivity contribution >= 4 is 23.0 Å². The van der Waals surface area contributed by atoms with Gasteiger partial charge in [-0.15, -0.1) is 0 Å². The molecule has 0 radical (unpaired) electrons. The standard InChI is InChI=1S/C21H24ClF2N3O/c1-11(28-21(2,3)4)27(7)16-9-14(23)19(24)17-12(16)8-15-18(17)20(26(5)6)13(22)10-25-15/h9-10H,1,8H2,2-7H3. The predicted molar refractivity (Wildman–Crippen MR) is 110 cm³/mol. The maximum absolute atomic E-state index is 14.9. The van der Waals surface area contributed by atoms with Crippen molar-refractivity contribution in [2.24, 2.45) is 0 Å². The highest BCUT2D eigenvalue weighted by molar-refractivity contribution is 6.34. The number of ether oxygens (including phenoxy) is 1. The number of hydrogen-bond acceptors (Lipinski definition) is 4. The van der Waals surface area contributed by atoms with E-state index in [1.807, 2.05) is 34.9 Å². The molecule has 0 atom stereocenters. The third kappa shape index (κ3) is 3.41. The molecule has 2 aromatic rings. The Hall–Kier alpha value is -2.34. The van der Waals surface area contributed by atoms with E-state index in [1.54, 1.807) is 23.0 Å². The van der Waals surface area contributed by atoms with Crippen molar-refractivity contribution in [3.8, 4) is 11.1 Å². The zero-order valence-electron chi connectivity index (χ0n) is 17.0. The number of hydrogen-bond donors (Lipinski definition) is 0. The van der Waals surface area contributed by atoms with Gasteiger partial charge in [-0.3, -0.25) is 4.98 Å². The Morgan fingerprint density at radius 1 is 1.21 bits per heavy atom. The van der Waals surface area contributed by atoms with Crippen LogP contribution in [0.15, 0.2) is 24.7 Å². The summed E-state index contributed by atoms with van der Waals surface area (Å²) in [7, 11) is 5.34. The van der Waals surface area contributed by atoms with Gasteiger partial charge in [-0.2, -0.15) is 0 Å². The van der Waals surface area contributed by atoms with E-state index in [-0.39, 0.29) is 5.56 Å². The second kappa shape index (κ2) is 6.92. The lowest BCUT2D eigenvalue weighted by Gasteiger charge is -2.30. The molecule has 1 aromatic heterocycles. The first-order chi connectivity index (χ1) is 12.9. The Bertz CT molecular complexity index is 967. The van der Waals surface area contributed by atoms with Gasteiger partial charge in [0.1, 0.15) is 5.60 Å². The lowest BCUT2D eigenvalue weighted by Crippen LogP contribution is -2.27. The van der Waals surface area contributed by atoms with Gasteiger partial charge in [0.2, 0.25) is 0 Å². The van der Waals surface area contributed by atoms with Crippen LogP contribution in [0.1, 0.15) is 32.0 Å². The minimum absolute atomic E-state index is 0.194. The number of halogens is 3. The molecule has 0 aliphatic heterocycles. The predicted octanol–water partition coefficient (Wildman–Crippen LogP) is 5.37. The van der Waals surface area contributed by atoms with Crippen LogP contribution in [0.5, 0.6) is 0 Å². The van der Waals surface area contributed by atoms with E-state index in [2.05, 4.69) is 11.6 Å². The second-order valence-corrected chi connectivity index (χ2v) is 8.47. The average molecular weight is 408 g/mol. The van der Waals surface area contributed by atoms with Crippen LogP contribution in [0.4, 0.5) is 20.2 Å². The van der Waals surface area contributed by atoms with Crippen molar-refractivity contribution < 1.29 is 13.5 Å². The largest absolute Gasteiger partial charge is 0.474 e. The number of nitrogens with zero attached hydrogens (tertiary/aromatic N) is 3. The molecule has 0 fully saturated rings. The Morgan fingerprint density at radius 2 is 1.86 bits per heavy atom. The zero-order valence-corrected chi connectivity index (χ0v) is 17.7. The molecule has 3 rings (SSSR count). The highest BCUT2D eigenvalue weighted by Gasteiger charge is 2.33. The fourth-order valence-corrected chi connectivity index (χ4v) is 3.78. The molecule has 0 saturated carbocycles. The monoisotopic (exact) mass is 407 g/mol. The molecule has 0 unspecified atom stereocenters. The van der Waals surface area contributed by atoms with E-state index in [4.69, 9.17) is 16.3 Å². The first-order valence-corrected chi connectivity index (χ1v) is 9.27. The first-order valence-electron chi connectivity index (χ1n) is 8.90. The van der Waals surface area contributed by atoms with Crippen molar-refractivity contribution in [1.29, 1.82) is 0 Å². The van der Waals surface area contributed by atoms with Crippen LogP contribution in [-0.4, -0.2) is 31.7 Å². The van der Waals surface area contributed by atoms with Crippen LogP contribution >= 0.6 is 11.6 Å². The van der Waals surface area contributed by atoms with E-state index >= 15 is 0 Å². The van der Waals surface area contributed by atoms with Gasteiger partial charge >= 0.3 is 0 Å². The third-order valence-corrected chi connectivity index (χ3v) is 4.87. The molecule has 0 amide bonds. The van der Waals surface area contributed by atoms with Crippen molar-refractivity contribution in [2.45, 2.75) is 32.8 Å². The first kappa shape index (κ1) is 20.4. The van der Waals surface area contributed by atoms with Gasteiger partial charge in [-0.1, -0.05) is 11.6 Å². The van der Waals surface area contributed by atoms with E-state index in [0.29, 0.717) is 45.5 Å². The SMILES string of the molecule is C=C(OC(C)(C)C)N(C)c1cc(F)c(F)c2c1Cc1ncc(Cl)c(N(C)C)c1-2. The summed E-state index contributed by atoms with van der Waals surface area (Å²) in [5, 5.41) is 0.385. The number of benzene rings is 1. The van der Waals surface area contributed by atoms with Gasteiger partial charge in [0.25, 0.3) is 0 Å². The molecule has 0 N–H and O–H groups in total. The Kier molecular flexibility index (Phi) is 5.04. The second-order valence-electron chi connectivity index (χ2n) is 8.06. The molecule has 150 valence electrons. The summed E-state index contributed by atoms with van der Waals surface area (Å²) < 4.78 is 35.3. The summed E-state index contributed by atoms with van der Waals surface area (Å²) in [6.45, 7) is 9.63. The Morgan fingerprint density at radius 3 is 2.43 bits per heavy atom. The average Bonchev–Trinajstić information content (AvgIpc) is 2.95. The molecular weight excluding hydrogens is 384 g/mol. The van der Waals surface area contributed by atoms with Gasteiger partial charge in [0.05, 0.1) is 22.1 Å². The molecule has 1 aliphatic carbocycles. The lowest BCUT2D eigenvalue weighted by atomic mass is 10.0. The van der Waals surface area contributed by atoms with Gasteiger partial charge in [-0.05, 0) is 32.9 Å². The van der Waals surface area contributed by atoms with Crippen molar-refractivity contribution in [2.75, 3.05) is 30.9 Å². The van der Waals surface area contributed by atoms with E-state index < -0.39 is 17.2 Å². The van der Waals surface area contributed by atoms with E-state index in [1.165, 1.54) is 6.07 Å². The van der Waals surface area contributed by atoms with E-state index in [0.717, 1.165) is 0 Å². The van der Waals surface area contributed by atoms with Crippen LogP contribution in [-0.2, 0) is 11.2 Å². The van der Waals surface area contributed by atoms with Crippen molar-refractivity contribution in [1.82, 2.24) is 4.98 Å². The van der Waals surface area contributed by atoms with Crippen LogP contribution in [0.2, 0.25) is 5.02 Å². The quantitative estimate of drug-likeness (QED) is 0.543. The highest BCUT2D eigenvalue weighted by atomic mass is 35.5. The number of aromatic nitrogens is 1. The van der Waals surface area contributed by atoms with Gasteiger partial charge < -0.3 is 14.5 Å². The molecule has 1 aliphatic rings. The molecule has 28 heavy (non-hydrogen) atoms. The zero-order chi connectivity index (χ0) is 21.0. The molecular formula is C21H24ClF2N3O. The summed E-state index contributed by atoms with van der Waals surface area (Å²) in [5.41, 5.74) is 2.65. The summed E-state index contributed by atoms with van der Waals surface area (Å²) >= 11 is 6.32. The third-order valence-electron chi connectivity index (χ3n) is 4.59. The maximum atomic E-state index is 14.9. The number of rotatable bonds is 4. The molecule has 0 bridgehead atoms. The molecule has 0 saturated heterocycles. The van der Waals surface area contributed by atoms with Crippen LogP contribution in [0, 0.1) is 11.6 Å². The molecule has 4 nitrogen and oxygen atoms in total. The Labute approximate surface area is 169 Å². The summed E-state index contributed by atoms with van der Waals surface area (Å²) in [4.78, 5) is 7.79. The van der Waals surface area contributed by atoms with Crippen molar-refractivity contribution in [3.05, 3.63) is 52.6 Å². The number of fused-ring (bicyclic) bond motifs is 3. The molecule has 0 spiro atoms. The maximum Gasteiger partial charge on any atom is 0.186 e. The number of pyridine rings is 1. The highest BCUT2D eigenvalue weighted by Crippen LogP contribution is 2.49. The molecule has 1 aromatic carbocycles. The van der Waals surface area contributed by atoms with Gasteiger partial charge in [0.15, 0.2) is 17.5 Å². The summed E-state index contributed by atoms with van der Waals surface area (Å²) in [6, 6.07) is 1.17. The molecule has 1 heterocycles. The van der Waals surface area contributed by atoms with E-state index in [9.17, 15) is 8.78 Å². The molecule has 7 heteroatoms.